The normalized spacial score (nSPS) is 10.5. The first-order chi connectivity index (χ1) is 7.08. The summed E-state index contributed by atoms with van der Waals surface area (Å²) < 4.78 is 1.24. The summed E-state index contributed by atoms with van der Waals surface area (Å²) in [5.41, 5.74) is 5.65. The topological polar surface area (TPSA) is 63.8 Å². The fraction of sp³-hybridized carbons (Fsp3) is 0. The molecule has 0 aliphatic carbocycles. The molecule has 0 saturated heterocycles. The molecule has 0 amide bonds. The Morgan fingerprint density at radius 3 is 2.60 bits per heavy atom. The number of anilines is 1. The van der Waals surface area contributed by atoms with Crippen LogP contribution >= 0.6 is 23.2 Å². The highest BCUT2D eigenvalue weighted by Crippen LogP contribution is 2.22. The molecule has 78 valence electrons. The fourth-order valence-corrected chi connectivity index (χ4v) is 1.62. The van der Waals surface area contributed by atoms with Crippen LogP contribution in [0.25, 0.3) is 5.69 Å². The summed E-state index contributed by atoms with van der Waals surface area (Å²) >= 11 is 11.7. The minimum Gasteiger partial charge on any atom is -0.384 e. The number of hydrogen-bond donors (Lipinski definition) is 2. The molecule has 0 saturated carbocycles. The van der Waals surface area contributed by atoms with Crippen molar-refractivity contribution >= 4 is 29.0 Å². The second-order valence-corrected chi connectivity index (χ2v) is 3.82. The molecule has 0 aliphatic heterocycles. The van der Waals surface area contributed by atoms with Crippen molar-refractivity contribution in [2.45, 2.75) is 0 Å². The quantitative estimate of drug-likeness (QED) is 0.806. The van der Waals surface area contributed by atoms with E-state index in [1.54, 1.807) is 18.2 Å². The number of nitrogens with zero attached hydrogens (tertiary/aromatic N) is 1. The first-order valence-corrected chi connectivity index (χ1v) is 4.86. The second kappa shape index (κ2) is 3.64. The Labute approximate surface area is 95.2 Å². The van der Waals surface area contributed by atoms with E-state index in [0.717, 1.165) is 0 Å². The van der Waals surface area contributed by atoms with Crippen LogP contribution in [0.15, 0.2) is 29.1 Å². The molecule has 2 aromatic rings. The predicted octanol–water partition coefficient (Wildman–Crippen LogP) is 2.05. The van der Waals surface area contributed by atoms with E-state index in [4.69, 9.17) is 28.9 Å². The molecule has 4 nitrogen and oxygen atoms in total. The van der Waals surface area contributed by atoms with E-state index in [9.17, 15) is 4.79 Å². The molecule has 1 aromatic heterocycles. The van der Waals surface area contributed by atoms with Gasteiger partial charge in [0.25, 0.3) is 5.56 Å². The van der Waals surface area contributed by atoms with Crippen molar-refractivity contribution in [1.29, 1.82) is 0 Å². The van der Waals surface area contributed by atoms with E-state index in [1.807, 2.05) is 0 Å². The van der Waals surface area contributed by atoms with Crippen LogP contribution in [0.1, 0.15) is 0 Å². The van der Waals surface area contributed by atoms with Crippen molar-refractivity contribution in [3.63, 3.8) is 0 Å². The molecule has 1 heterocycles. The molecular weight excluding hydrogens is 237 g/mol. The lowest BCUT2D eigenvalue weighted by molar-refractivity contribution is 0.854. The van der Waals surface area contributed by atoms with Crippen LogP contribution in [-0.4, -0.2) is 9.78 Å². The van der Waals surface area contributed by atoms with E-state index < -0.39 is 0 Å². The first kappa shape index (κ1) is 10.1. The second-order valence-electron chi connectivity index (χ2n) is 2.98. The Hall–Kier alpha value is -1.39. The van der Waals surface area contributed by atoms with Gasteiger partial charge in [-0.2, -0.15) is 0 Å². The molecule has 2 rings (SSSR count). The third-order valence-electron chi connectivity index (χ3n) is 1.89. The number of nitrogens with one attached hydrogen (secondary N) is 1. The maximum absolute atomic E-state index is 11.5. The largest absolute Gasteiger partial charge is 0.384 e. The zero-order valence-electron chi connectivity index (χ0n) is 7.50. The van der Waals surface area contributed by atoms with Crippen LogP contribution in [0.2, 0.25) is 10.0 Å². The molecule has 15 heavy (non-hydrogen) atoms. The van der Waals surface area contributed by atoms with Crippen LogP contribution in [0.4, 0.5) is 5.82 Å². The van der Waals surface area contributed by atoms with Crippen molar-refractivity contribution in [3.05, 3.63) is 44.7 Å². The van der Waals surface area contributed by atoms with Crippen molar-refractivity contribution in [2.24, 2.45) is 0 Å². The number of aromatic amines is 1. The van der Waals surface area contributed by atoms with Gasteiger partial charge in [-0.3, -0.25) is 9.89 Å². The Morgan fingerprint density at radius 1 is 1.27 bits per heavy atom. The lowest BCUT2D eigenvalue weighted by atomic mass is 10.3. The molecule has 0 unspecified atom stereocenters. The highest BCUT2D eigenvalue weighted by Gasteiger charge is 2.07. The summed E-state index contributed by atoms with van der Waals surface area (Å²) in [4.78, 5) is 11.5. The zero-order valence-corrected chi connectivity index (χ0v) is 9.01. The minimum atomic E-state index is -0.281. The molecule has 0 atom stereocenters. The summed E-state index contributed by atoms with van der Waals surface area (Å²) in [7, 11) is 0. The van der Waals surface area contributed by atoms with Crippen LogP contribution in [0, 0.1) is 0 Å². The summed E-state index contributed by atoms with van der Waals surface area (Å²) in [6.07, 6.45) is 0. The third kappa shape index (κ3) is 1.86. The SMILES string of the molecule is Nc1cc(=O)n(-c2cc(Cl)ccc2Cl)[nH]1. The summed E-state index contributed by atoms with van der Waals surface area (Å²) in [5, 5.41) is 3.58. The lowest BCUT2D eigenvalue weighted by Gasteiger charge is -2.04. The zero-order chi connectivity index (χ0) is 11.0. The minimum absolute atomic E-state index is 0.274. The number of rotatable bonds is 1. The Bertz CT molecular complexity index is 559. The highest BCUT2D eigenvalue weighted by molar-refractivity contribution is 6.34. The Kier molecular flexibility index (Phi) is 2.46. The van der Waals surface area contributed by atoms with Gasteiger partial charge in [0.05, 0.1) is 10.7 Å². The number of hydrogen-bond acceptors (Lipinski definition) is 2. The number of halogens is 2. The maximum atomic E-state index is 11.5. The predicted molar refractivity (Wildman–Crippen MR) is 60.8 cm³/mol. The third-order valence-corrected chi connectivity index (χ3v) is 2.44. The molecule has 3 N–H and O–H groups in total. The number of H-pyrrole nitrogens is 1. The van der Waals surface area contributed by atoms with E-state index in [1.165, 1.54) is 10.7 Å². The molecule has 0 spiro atoms. The van der Waals surface area contributed by atoms with Gasteiger partial charge in [0, 0.05) is 11.1 Å². The van der Waals surface area contributed by atoms with Crippen LogP contribution in [-0.2, 0) is 0 Å². The highest BCUT2D eigenvalue weighted by atomic mass is 35.5. The number of nitrogen functional groups attached to an aromatic ring is 1. The van der Waals surface area contributed by atoms with E-state index in [0.29, 0.717) is 15.7 Å². The summed E-state index contributed by atoms with van der Waals surface area (Å²) in [6.45, 7) is 0. The lowest BCUT2D eigenvalue weighted by Crippen LogP contribution is -2.13. The summed E-state index contributed by atoms with van der Waals surface area (Å²) in [6, 6.07) is 6.12. The molecule has 1 aromatic carbocycles. The molecule has 0 fully saturated rings. The average Bonchev–Trinajstić information content (AvgIpc) is 2.50. The molecule has 0 radical (unpaired) electrons. The Morgan fingerprint density at radius 2 is 2.00 bits per heavy atom. The van der Waals surface area contributed by atoms with Crippen molar-refractivity contribution in [1.82, 2.24) is 9.78 Å². The first-order valence-electron chi connectivity index (χ1n) is 4.11. The van der Waals surface area contributed by atoms with Gasteiger partial charge >= 0.3 is 0 Å². The van der Waals surface area contributed by atoms with Gasteiger partial charge < -0.3 is 5.73 Å². The van der Waals surface area contributed by atoms with Crippen LogP contribution < -0.4 is 11.3 Å². The number of benzene rings is 1. The Balaban J connectivity index is 2.68. The fourth-order valence-electron chi connectivity index (χ4n) is 1.25. The van der Waals surface area contributed by atoms with Crippen molar-refractivity contribution in [3.8, 4) is 5.69 Å². The number of nitrogens with two attached hydrogens (primary N) is 1. The standard InChI is InChI=1S/C9H7Cl2N3O/c10-5-1-2-6(11)7(3-5)14-9(15)4-8(12)13-14/h1-4,13H,12H2. The van der Waals surface area contributed by atoms with Gasteiger partial charge in [-0.05, 0) is 18.2 Å². The van der Waals surface area contributed by atoms with Crippen LogP contribution in [0.5, 0.6) is 0 Å². The summed E-state index contributed by atoms with van der Waals surface area (Å²) in [5.74, 6) is 0.274. The average molecular weight is 244 g/mol. The molecule has 0 bridgehead atoms. The molecular formula is C9H7Cl2N3O. The maximum Gasteiger partial charge on any atom is 0.273 e. The van der Waals surface area contributed by atoms with E-state index in [-0.39, 0.29) is 11.4 Å². The number of aromatic nitrogens is 2. The van der Waals surface area contributed by atoms with Crippen molar-refractivity contribution in [2.75, 3.05) is 5.73 Å². The van der Waals surface area contributed by atoms with Gasteiger partial charge in [0.1, 0.15) is 5.82 Å². The van der Waals surface area contributed by atoms with Gasteiger partial charge in [-0.25, -0.2) is 4.68 Å². The van der Waals surface area contributed by atoms with Gasteiger partial charge in [0.15, 0.2) is 0 Å². The van der Waals surface area contributed by atoms with Gasteiger partial charge in [-0.15, -0.1) is 0 Å². The van der Waals surface area contributed by atoms with Gasteiger partial charge in [-0.1, -0.05) is 23.2 Å². The van der Waals surface area contributed by atoms with Crippen LogP contribution in [0.3, 0.4) is 0 Å². The monoisotopic (exact) mass is 243 g/mol. The van der Waals surface area contributed by atoms with Gasteiger partial charge in [0.2, 0.25) is 0 Å². The smallest absolute Gasteiger partial charge is 0.273 e. The van der Waals surface area contributed by atoms with Crippen molar-refractivity contribution < 1.29 is 0 Å². The molecule has 6 heteroatoms. The molecule has 0 aliphatic rings. The van der Waals surface area contributed by atoms with E-state index >= 15 is 0 Å². The van der Waals surface area contributed by atoms with E-state index in [2.05, 4.69) is 5.10 Å².